The molecule has 8 rings (SSSR count). The van der Waals surface area contributed by atoms with E-state index in [1.165, 1.54) is 22.3 Å². The Morgan fingerprint density at radius 1 is 0.617 bits per heavy atom. The van der Waals surface area contributed by atoms with Crippen molar-refractivity contribution in [3.8, 4) is 11.5 Å². The van der Waals surface area contributed by atoms with Gasteiger partial charge in [0.05, 0.1) is 0 Å². The first-order chi connectivity index (χ1) is 29.1. The topological polar surface area (TPSA) is 219 Å². The fraction of sp³-hybridized carbons (Fsp3) is 0.409. The highest BCUT2D eigenvalue weighted by Gasteiger charge is 2.26. The second kappa shape index (κ2) is 21.1. The first kappa shape index (κ1) is 43.3. The molecule has 6 N–H and O–H groups in total. The van der Waals surface area contributed by atoms with Crippen LogP contribution >= 0.6 is 0 Å². The molecule has 0 aliphatic carbocycles. The molecule has 16 nitrogen and oxygen atoms in total. The lowest BCUT2D eigenvalue weighted by atomic mass is 10.00. The third-order valence-electron chi connectivity index (χ3n) is 10.5. The van der Waals surface area contributed by atoms with E-state index in [1.807, 2.05) is 26.0 Å². The monoisotopic (exact) mass is 822 g/mol. The maximum Gasteiger partial charge on any atom is 0.414 e. The lowest BCUT2D eigenvalue weighted by Crippen LogP contribution is -2.35. The Balaban J connectivity index is 0.000000177. The smallest absolute Gasteiger partial charge is 0.414 e. The van der Waals surface area contributed by atoms with E-state index in [2.05, 4.69) is 79.3 Å². The molecule has 0 bridgehead atoms. The number of carboxylic acid groups (broad SMARTS) is 2. The van der Waals surface area contributed by atoms with Gasteiger partial charge in [-0.25, -0.2) is 29.5 Å². The summed E-state index contributed by atoms with van der Waals surface area (Å²) in [6.07, 6.45) is 13.4. The number of aliphatic carboxylic acids is 2. The predicted octanol–water partition coefficient (Wildman–Crippen LogP) is 6.41. The fourth-order valence-electron chi connectivity index (χ4n) is 7.00. The van der Waals surface area contributed by atoms with Crippen LogP contribution in [0.1, 0.15) is 59.5 Å². The average Bonchev–Trinajstić information content (AvgIpc) is 3.73. The van der Waals surface area contributed by atoms with E-state index >= 15 is 0 Å². The summed E-state index contributed by atoms with van der Waals surface area (Å²) in [5, 5.41) is 30.5. The maximum absolute atomic E-state index is 9.10. The van der Waals surface area contributed by atoms with Crippen molar-refractivity contribution in [3.63, 3.8) is 0 Å². The first-order valence-corrected chi connectivity index (χ1v) is 20.3. The second-order valence-electron chi connectivity index (χ2n) is 14.7. The Morgan fingerprint density at radius 2 is 1.02 bits per heavy atom. The normalized spacial score (nSPS) is 15.3. The van der Waals surface area contributed by atoms with E-state index < -0.39 is 11.9 Å². The van der Waals surface area contributed by atoms with Crippen LogP contribution in [0.3, 0.4) is 0 Å². The van der Waals surface area contributed by atoms with Crippen LogP contribution < -0.4 is 30.7 Å². The molecule has 0 radical (unpaired) electrons. The number of aromatic nitrogens is 4. The number of fused-ring (bicyclic) bond motifs is 6. The third kappa shape index (κ3) is 11.5. The molecule has 2 atom stereocenters. The summed E-state index contributed by atoms with van der Waals surface area (Å²) < 4.78 is 24.6. The molecule has 6 heterocycles. The zero-order valence-corrected chi connectivity index (χ0v) is 34.5. The number of nitrogens with zero attached hydrogens (tertiary/aromatic N) is 4. The molecule has 2 aliphatic heterocycles. The van der Waals surface area contributed by atoms with Crippen molar-refractivity contribution >= 4 is 45.8 Å². The molecule has 6 aromatic rings. The Bertz CT molecular complexity index is 2170. The van der Waals surface area contributed by atoms with Gasteiger partial charge in [-0.3, -0.25) is 0 Å². The van der Waals surface area contributed by atoms with E-state index in [0.29, 0.717) is 11.9 Å². The molecule has 2 aromatic carbocycles. The van der Waals surface area contributed by atoms with Crippen molar-refractivity contribution in [1.29, 1.82) is 0 Å². The van der Waals surface area contributed by atoms with Gasteiger partial charge in [0.1, 0.15) is 23.7 Å². The summed E-state index contributed by atoms with van der Waals surface area (Å²) >= 11 is 0. The molecule has 60 heavy (non-hydrogen) atoms. The minimum absolute atomic E-state index is 0.180. The highest BCUT2D eigenvalue weighted by Crippen LogP contribution is 2.40. The summed E-state index contributed by atoms with van der Waals surface area (Å²) in [6.45, 7) is 13.5. The number of aryl methyl sites for hydroxylation is 6. The van der Waals surface area contributed by atoms with Crippen molar-refractivity contribution < 1.29 is 38.1 Å². The number of carbonyl (C=O) groups is 2. The fourth-order valence-corrected chi connectivity index (χ4v) is 7.00. The second-order valence-corrected chi connectivity index (χ2v) is 14.7. The number of benzene rings is 2. The minimum atomic E-state index is -1.82. The van der Waals surface area contributed by atoms with E-state index in [9.17, 15) is 0 Å². The summed E-state index contributed by atoms with van der Waals surface area (Å²) in [5.41, 5.74) is 6.70. The Hall–Kier alpha value is -6.26. The molecular formula is C44H54N8O8. The summed E-state index contributed by atoms with van der Waals surface area (Å²) in [5.74, 6) is 1.52. The van der Waals surface area contributed by atoms with Crippen LogP contribution in [0.15, 0.2) is 70.0 Å². The SMILES string of the molecule is Cc1oc2c3c(ccc2c1C)CCC(CNCCCNc1ncccn1)O3.Cc1oc2c3c(ccc2c1C)CCC(CNCCCNc1ncccn1)O3.O=C(O)C(=O)O. The van der Waals surface area contributed by atoms with Gasteiger partial charge >= 0.3 is 11.9 Å². The zero-order valence-electron chi connectivity index (χ0n) is 34.5. The lowest BCUT2D eigenvalue weighted by molar-refractivity contribution is -0.159. The van der Waals surface area contributed by atoms with E-state index in [0.717, 1.165) is 123 Å². The minimum Gasteiger partial charge on any atom is -0.485 e. The molecule has 2 aliphatic rings. The molecule has 0 saturated carbocycles. The van der Waals surface area contributed by atoms with Crippen molar-refractivity contribution in [2.45, 2.75) is 78.4 Å². The van der Waals surface area contributed by atoms with Crippen LogP contribution in [-0.4, -0.2) is 93.6 Å². The van der Waals surface area contributed by atoms with Crippen molar-refractivity contribution in [3.05, 3.63) is 95.0 Å². The number of hydrogen-bond donors (Lipinski definition) is 6. The summed E-state index contributed by atoms with van der Waals surface area (Å²) in [6, 6.07) is 12.3. The van der Waals surface area contributed by atoms with Crippen molar-refractivity contribution in [1.82, 2.24) is 30.6 Å². The van der Waals surface area contributed by atoms with Gasteiger partial charge in [-0.2, -0.15) is 0 Å². The predicted molar refractivity (Wildman–Crippen MR) is 228 cm³/mol. The molecule has 318 valence electrons. The summed E-state index contributed by atoms with van der Waals surface area (Å²) in [7, 11) is 0. The van der Waals surface area contributed by atoms with Crippen LogP contribution in [-0.2, 0) is 22.4 Å². The quantitative estimate of drug-likeness (QED) is 0.0517. The highest BCUT2D eigenvalue weighted by molar-refractivity contribution is 6.27. The first-order valence-electron chi connectivity index (χ1n) is 20.3. The van der Waals surface area contributed by atoms with E-state index in [4.69, 9.17) is 38.1 Å². The van der Waals surface area contributed by atoms with Crippen LogP contribution in [0.4, 0.5) is 11.9 Å². The number of hydrogen-bond acceptors (Lipinski definition) is 14. The van der Waals surface area contributed by atoms with Gasteiger partial charge in [0.15, 0.2) is 22.7 Å². The molecule has 4 aromatic heterocycles. The molecule has 0 amide bonds. The summed E-state index contributed by atoms with van der Waals surface area (Å²) in [4.78, 5) is 34.8. The number of carboxylic acids is 2. The number of rotatable bonds is 14. The van der Waals surface area contributed by atoms with Gasteiger partial charge in [0, 0.05) is 61.7 Å². The van der Waals surface area contributed by atoms with Crippen molar-refractivity contribution in [2.75, 3.05) is 49.9 Å². The molecule has 0 fully saturated rings. The van der Waals surface area contributed by atoms with Gasteiger partial charge < -0.3 is 49.8 Å². The molecular weight excluding hydrogens is 769 g/mol. The Labute approximate surface area is 348 Å². The number of nitrogens with one attached hydrogen (secondary N) is 4. The van der Waals surface area contributed by atoms with Crippen LogP contribution in [0.25, 0.3) is 21.9 Å². The third-order valence-corrected chi connectivity index (χ3v) is 10.5. The van der Waals surface area contributed by atoms with Crippen molar-refractivity contribution in [2.24, 2.45) is 0 Å². The number of ether oxygens (including phenoxy) is 2. The lowest BCUT2D eigenvalue weighted by Gasteiger charge is -2.26. The van der Waals surface area contributed by atoms with Gasteiger partial charge in [0.25, 0.3) is 0 Å². The highest BCUT2D eigenvalue weighted by atomic mass is 16.5. The molecule has 0 spiro atoms. The van der Waals surface area contributed by atoms with Crippen LogP contribution in [0, 0.1) is 27.7 Å². The zero-order chi connectivity index (χ0) is 42.4. The average molecular weight is 823 g/mol. The van der Waals surface area contributed by atoms with Gasteiger partial charge in [-0.1, -0.05) is 24.3 Å². The van der Waals surface area contributed by atoms with Crippen LogP contribution in [0.2, 0.25) is 0 Å². The maximum atomic E-state index is 9.10. The van der Waals surface area contributed by atoms with Gasteiger partial charge in [0.2, 0.25) is 11.9 Å². The van der Waals surface area contributed by atoms with E-state index in [1.54, 1.807) is 24.8 Å². The van der Waals surface area contributed by atoms with Gasteiger partial charge in [-0.15, -0.1) is 0 Å². The Kier molecular flexibility index (Phi) is 15.3. The molecule has 16 heteroatoms. The molecule has 0 saturated heterocycles. The number of furan rings is 2. The largest absolute Gasteiger partial charge is 0.485 e. The standard InChI is InChI=1S/2C21H26N4O2.C2H2O4/c2*1-14-15(2)26-20-18(14)8-6-16-5-7-17(27-19(16)20)13-22-9-3-10-23-21-24-11-4-12-25-21;3-1(4)2(5)6/h2*4,6,8,11-12,17,22H,3,5,7,9-10,13H2,1-2H3,(H,23,24,25);(H,3,4)(H,5,6). The molecule has 2 unspecified atom stereocenters. The Morgan fingerprint density at radius 3 is 1.40 bits per heavy atom. The van der Waals surface area contributed by atoms with Crippen LogP contribution in [0.5, 0.6) is 11.5 Å². The van der Waals surface area contributed by atoms with Gasteiger partial charge in [-0.05, 0) is 114 Å². The van der Waals surface area contributed by atoms with E-state index in [-0.39, 0.29) is 12.2 Å². The number of anilines is 2.